The van der Waals surface area contributed by atoms with E-state index in [-0.39, 0.29) is 17.5 Å². The van der Waals surface area contributed by atoms with E-state index < -0.39 is 4.92 Å². The maximum absolute atomic E-state index is 11.1. The number of phenolic OH excluding ortho intramolecular Hbond substituents is 1. The second-order valence-corrected chi connectivity index (χ2v) is 4.88. The molecule has 0 amide bonds. The van der Waals surface area contributed by atoms with Gasteiger partial charge in [0.2, 0.25) is 0 Å². The summed E-state index contributed by atoms with van der Waals surface area (Å²) >= 11 is 0. The molecule has 6 heteroatoms. The molecule has 1 fully saturated rings. The van der Waals surface area contributed by atoms with E-state index in [0.717, 1.165) is 26.2 Å². The number of nitrogens with one attached hydrogen (secondary N) is 1. The first-order valence-corrected chi connectivity index (χ1v) is 6.44. The highest BCUT2D eigenvalue weighted by atomic mass is 16.6. The Balaban J connectivity index is 2.41. The summed E-state index contributed by atoms with van der Waals surface area (Å²) in [5.41, 5.74) is 1.09. The van der Waals surface area contributed by atoms with Gasteiger partial charge in [-0.1, -0.05) is 0 Å². The minimum Gasteiger partial charge on any atom is -0.507 e. The van der Waals surface area contributed by atoms with Crippen LogP contribution in [0, 0.1) is 17.0 Å². The summed E-state index contributed by atoms with van der Waals surface area (Å²) in [6.07, 6.45) is 0. The Hall–Kier alpha value is -1.66. The Kier molecular flexibility index (Phi) is 4.01. The number of nitrogens with zero attached hydrogens (tertiary/aromatic N) is 2. The zero-order valence-corrected chi connectivity index (χ0v) is 11.2. The van der Waals surface area contributed by atoms with Gasteiger partial charge in [-0.25, -0.2) is 0 Å². The van der Waals surface area contributed by atoms with Gasteiger partial charge in [-0.05, 0) is 25.5 Å². The van der Waals surface area contributed by atoms with Gasteiger partial charge in [0.15, 0.2) is 0 Å². The van der Waals surface area contributed by atoms with Crippen molar-refractivity contribution in [1.29, 1.82) is 0 Å². The van der Waals surface area contributed by atoms with Crippen molar-refractivity contribution in [3.05, 3.63) is 33.4 Å². The standard InChI is InChI=1S/C13H19N3O3/c1-9-3-4-11(16(18)19)12(13(9)17)10(2)15-7-5-14-6-8-15/h3-4,10,14,17H,5-8H2,1-2H3/t10-/m0/s1. The average Bonchev–Trinajstić information content (AvgIpc) is 2.41. The molecule has 2 N–H and O–H groups in total. The molecule has 0 unspecified atom stereocenters. The van der Waals surface area contributed by atoms with Crippen molar-refractivity contribution < 1.29 is 10.0 Å². The number of hydrogen-bond acceptors (Lipinski definition) is 5. The first kappa shape index (κ1) is 13.8. The molecule has 0 bridgehead atoms. The molecule has 0 spiro atoms. The number of hydrogen-bond donors (Lipinski definition) is 2. The van der Waals surface area contributed by atoms with Crippen LogP contribution in [0.1, 0.15) is 24.1 Å². The highest BCUT2D eigenvalue weighted by Gasteiger charge is 2.28. The van der Waals surface area contributed by atoms with Gasteiger partial charge in [-0.3, -0.25) is 15.0 Å². The van der Waals surface area contributed by atoms with Crippen LogP contribution < -0.4 is 5.32 Å². The third kappa shape index (κ3) is 2.69. The Bertz CT molecular complexity index is 484. The summed E-state index contributed by atoms with van der Waals surface area (Å²) in [6.45, 7) is 7.05. The average molecular weight is 265 g/mol. The molecular formula is C13H19N3O3. The van der Waals surface area contributed by atoms with Crippen molar-refractivity contribution in [2.24, 2.45) is 0 Å². The minimum atomic E-state index is -0.423. The van der Waals surface area contributed by atoms with Gasteiger partial charge in [-0.15, -0.1) is 0 Å². The first-order chi connectivity index (χ1) is 9.02. The van der Waals surface area contributed by atoms with E-state index in [2.05, 4.69) is 10.2 Å². The van der Waals surface area contributed by atoms with Crippen LogP contribution in [-0.2, 0) is 0 Å². The topological polar surface area (TPSA) is 78.6 Å². The lowest BCUT2D eigenvalue weighted by molar-refractivity contribution is -0.386. The molecule has 6 nitrogen and oxygen atoms in total. The maximum atomic E-state index is 11.1. The van der Waals surface area contributed by atoms with E-state index in [1.807, 2.05) is 6.92 Å². The zero-order valence-electron chi connectivity index (χ0n) is 11.2. The molecule has 2 rings (SSSR count). The van der Waals surface area contributed by atoms with Crippen molar-refractivity contribution in [1.82, 2.24) is 10.2 Å². The van der Waals surface area contributed by atoms with Crippen molar-refractivity contribution in [2.45, 2.75) is 19.9 Å². The molecular weight excluding hydrogens is 246 g/mol. The summed E-state index contributed by atoms with van der Waals surface area (Å²) in [7, 11) is 0. The first-order valence-electron chi connectivity index (χ1n) is 6.44. The smallest absolute Gasteiger partial charge is 0.277 e. The largest absolute Gasteiger partial charge is 0.507 e. The quantitative estimate of drug-likeness (QED) is 0.640. The zero-order chi connectivity index (χ0) is 14.0. The summed E-state index contributed by atoms with van der Waals surface area (Å²) in [5.74, 6) is 0.0419. The van der Waals surface area contributed by atoms with Gasteiger partial charge in [0.1, 0.15) is 5.75 Å². The maximum Gasteiger partial charge on any atom is 0.277 e. The van der Waals surface area contributed by atoms with Gasteiger partial charge in [0.05, 0.1) is 10.5 Å². The molecule has 19 heavy (non-hydrogen) atoms. The summed E-state index contributed by atoms with van der Waals surface area (Å²) in [4.78, 5) is 12.9. The molecule has 1 atom stereocenters. The van der Waals surface area contributed by atoms with Crippen LogP contribution in [0.25, 0.3) is 0 Å². The fraction of sp³-hybridized carbons (Fsp3) is 0.538. The van der Waals surface area contributed by atoms with Gasteiger partial charge in [-0.2, -0.15) is 0 Å². The highest BCUT2D eigenvalue weighted by molar-refractivity contribution is 5.54. The molecule has 1 saturated heterocycles. The van der Waals surface area contributed by atoms with Gasteiger partial charge >= 0.3 is 0 Å². The summed E-state index contributed by atoms with van der Waals surface area (Å²) < 4.78 is 0. The molecule has 1 aromatic rings. The number of benzene rings is 1. The highest BCUT2D eigenvalue weighted by Crippen LogP contribution is 2.38. The monoisotopic (exact) mass is 265 g/mol. The van der Waals surface area contributed by atoms with Crippen LogP contribution in [0.5, 0.6) is 5.75 Å². The molecule has 1 aromatic carbocycles. The number of nitro benzene ring substituents is 1. The van der Waals surface area contributed by atoms with Crippen LogP contribution in [0.3, 0.4) is 0 Å². The molecule has 1 heterocycles. The summed E-state index contributed by atoms with van der Waals surface area (Å²) in [6, 6.07) is 2.90. The Labute approximate surface area is 112 Å². The number of nitro groups is 1. The van der Waals surface area contributed by atoms with E-state index in [1.54, 1.807) is 13.0 Å². The number of piperazine rings is 1. The number of aromatic hydroxyl groups is 1. The normalized spacial score (nSPS) is 18.2. The number of aryl methyl sites for hydroxylation is 1. The minimum absolute atomic E-state index is 0.00543. The fourth-order valence-electron chi connectivity index (χ4n) is 2.53. The second-order valence-electron chi connectivity index (χ2n) is 4.88. The Morgan fingerprint density at radius 1 is 1.42 bits per heavy atom. The van der Waals surface area contributed by atoms with E-state index in [0.29, 0.717) is 11.1 Å². The van der Waals surface area contributed by atoms with E-state index in [1.165, 1.54) is 6.07 Å². The van der Waals surface area contributed by atoms with Crippen molar-refractivity contribution in [3.63, 3.8) is 0 Å². The predicted molar refractivity (Wildman–Crippen MR) is 72.4 cm³/mol. The van der Waals surface area contributed by atoms with E-state index in [9.17, 15) is 15.2 Å². The van der Waals surface area contributed by atoms with Crippen LogP contribution in [0.15, 0.2) is 12.1 Å². The van der Waals surface area contributed by atoms with Gasteiger partial charge in [0, 0.05) is 38.3 Å². The molecule has 1 aliphatic rings. The molecule has 0 aromatic heterocycles. The van der Waals surface area contributed by atoms with Crippen molar-refractivity contribution >= 4 is 5.69 Å². The third-order valence-electron chi connectivity index (χ3n) is 3.71. The van der Waals surface area contributed by atoms with Gasteiger partial charge < -0.3 is 10.4 Å². The number of phenols is 1. The van der Waals surface area contributed by atoms with Crippen LogP contribution >= 0.6 is 0 Å². The molecule has 1 aliphatic heterocycles. The van der Waals surface area contributed by atoms with Crippen molar-refractivity contribution in [3.8, 4) is 5.75 Å². The third-order valence-corrected chi connectivity index (χ3v) is 3.71. The predicted octanol–water partition coefficient (Wildman–Crippen LogP) is 1.58. The molecule has 0 radical (unpaired) electrons. The molecule has 0 saturated carbocycles. The van der Waals surface area contributed by atoms with Crippen molar-refractivity contribution in [2.75, 3.05) is 26.2 Å². The Morgan fingerprint density at radius 2 is 2.05 bits per heavy atom. The van der Waals surface area contributed by atoms with Crippen LogP contribution in [0.4, 0.5) is 5.69 Å². The lowest BCUT2D eigenvalue weighted by Gasteiger charge is -2.33. The molecule has 104 valence electrons. The SMILES string of the molecule is Cc1ccc([N+](=O)[O-])c([C@H](C)N2CCNCC2)c1O. The Morgan fingerprint density at radius 3 is 2.63 bits per heavy atom. The second kappa shape index (κ2) is 5.54. The summed E-state index contributed by atoms with van der Waals surface area (Å²) in [5, 5.41) is 24.6. The number of rotatable bonds is 3. The van der Waals surface area contributed by atoms with Gasteiger partial charge in [0.25, 0.3) is 5.69 Å². The lowest BCUT2D eigenvalue weighted by atomic mass is 10.00. The molecule has 0 aliphatic carbocycles. The van der Waals surface area contributed by atoms with E-state index >= 15 is 0 Å². The lowest BCUT2D eigenvalue weighted by Crippen LogP contribution is -2.44. The van der Waals surface area contributed by atoms with Crippen LogP contribution in [-0.4, -0.2) is 41.1 Å². The van der Waals surface area contributed by atoms with Crippen LogP contribution in [0.2, 0.25) is 0 Å². The van der Waals surface area contributed by atoms with E-state index in [4.69, 9.17) is 0 Å². The fourth-order valence-corrected chi connectivity index (χ4v) is 2.53.